The summed E-state index contributed by atoms with van der Waals surface area (Å²) in [6, 6.07) is 0. The second-order valence-corrected chi connectivity index (χ2v) is 20.3. The Balaban J connectivity index is 1.38. The van der Waals surface area contributed by atoms with E-state index in [0.29, 0.717) is 32.1 Å². The number of rotatable bonds is 9. The number of hydrogen-bond donors (Lipinski definition) is 9. The van der Waals surface area contributed by atoms with Gasteiger partial charge in [0.25, 0.3) is 0 Å². The van der Waals surface area contributed by atoms with E-state index < -0.39 is 114 Å². The minimum Gasteiger partial charge on any atom is -0.394 e. The Kier molecular flexibility index (Phi) is 12.2. The van der Waals surface area contributed by atoms with E-state index in [0.717, 1.165) is 19.3 Å². The lowest BCUT2D eigenvalue weighted by Gasteiger charge is -2.72. The van der Waals surface area contributed by atoms with Gasteiger partial charge in [-0.25, -0.2) is 0 Å². The summed E-state index contributed by atoms with van der Waals surface area (Å²) in [6.45, 7) is 17.8. The summed E-state index contributed by atoms with van der Waals surface area (Å²) in [5.41, 5.74) is -1.71. The molecule has 2 heterocycles. The Morgan fingerprint density at radius 3 is 2.13 bits per heavy atom. The average Bonchev–Trinajstić information content (AvgIpc) is 3.49. The van der Waals surface area contributed by atoms with Crippen LogP contribution in [0.1, 0.15) is 114 Å². The maximum Gasteiger partial charge on any atom is 0.187 e. The molecule has 0 aromatic carbocycles. The van der Waals surface area contributed by atoms with Crippen LogP contribution in [0.3, 0.4) is 0 Å². The first-order valence-corrected chi connectivity index (χ1v) is 20.8. The van der Waals surface area contributed by atoms with Crippen LogP contribution in [0.5, 0.6) is 0 Å². The third kappa shape index (κ3) is 7.10. The fourth-order valence-electron chi connectivity index (χ4n) is 13.3. The van der Waals surface area contributed by atoms with E-state index in [4.69, 9.17) is 18.9 Å². The molecule has 2 saturated heterocycles. The highest BCUT2D eigenvalue weighted by Crippen LogP contribution is 2.76. The van der Waals surface area contributed by atoms with Gasteiger partial charge in [-0.3, -0.25) is 0 Å². The van der Waals surface area contributed by atoms with Gasteiger partial charge >= 0.3 is 0 Å². The number of ether oxygens (including phenoxy) is 4. The van der Waals surface area contributed by atoms with Crippen molar-refractivity contribution in [2.45, 2.75) is 199 Å². The zero-order valence-electron chi connectivity index (χ0n) is 34.4. The van der Waals surface area contributed by atoms with Crippen molar-refractivity contribution < 1.29 is 64.9 Å². The van der Waals surface area contributed by atoms with Crippen molar-refractivity contribution in [3.05, 3.63) is 11.6 Å². The highest BCUT2D eigenvalue weighted by Gasteiger charge is 2.73. The fourth-order valence-corrected chi connectivity index (χ4v) is 13.3. The summed E-state index contributed by atoms with van der Waals surface area (Å²) in [6.07, 6.45) is -8.99. The minimum absolute atomic E-state index is 0.0411. The zero-order valence-corrected chi connectivity index (χ0v) is 34.4. The minimum atomic E-state index is -1.70. The molecule has 3 unspecified atom stereocenters. The summed E-state index contributed by atoms with van der Waals surface area (Å²) in [7, 11) is 0. The Hall–Kier alpha value is -0.780. The van der Waals surface area contributed by atoms with Crippen LogP contribution in [0.2, 0.25) is 0 Å². The molecule has 13 nitrogen and oxygen atoms in total. The van der Waals surface area contributed by atoms with Gasteiger partial charge in [0.2, 0.25) is 0 Å². The van der Waals surface area contributed by atoms with E-state index in [1.165, 1.54) is 12.5 Å². The van der Waals surface area contributed by atoms with E-state index in [-0.39, 0.29) is 23.7 Å². The molecule has 0 amide bonds. The molecule has 318 valence electrons. The molecule has 6 fully saturated rings. The molecule has 0 bridgehead atoms. The molecule has 6 aliphatic rings. The second-order valence-electron chi connectivity index (χ2n) is 20.3. The van der Waals surface area contributed by atoms with Crippen LogP contribution in [0.4, 0.5) is 0 Å². The van der Waals surface area contributed by atoms with Crippen molar-refractivity contribution in [2.24, 2.45) is 45.3 Å². The van der Waals surface area contributed by atoms with Gasteiger partial charge in [0, 0.05) is 0 Å². The first kappa shape index (κ1) is 43.8. The summed E-state index contributed by atoms with van der Waals surface area (Å²) in [5, 5.41) is 100. The van der Waals surface area contributed by atoms with Crippen LogP contribution < -0.4 is 0 Å². The van der Waals surface area contributed by atoms with Crippen molar-refractivity contribution in [3.63, 3.8) is 0 Å². The van der Waals surface area contributed by atoms with Gasteiger partial charge in [-0.1, -0.05) is 46.3 Å². The molecule has 9 N–H and O–H groups in total. The lowest BCUT2D eigenvalue weighted by Crippen LogP contribution is -2.71. The highest BCUT2D eigenvalue weighted by molar-refractivity contribution is 5.22. The van der Waals surface area contributed by atoms with Crippen molar-refractivity contribution in [1.29, 1.82) is 0 Å². The largest absolute Gasteiger partial charge is 0.394 e. The van der Waals surface area contributed by atoms with Gasteiger partial charge < -0.3 is 64.9 Å². The van der Waals surface area contributed by atoms with Crippen molar-refractivity contribution in [3.8, 4) is 0 Å². The summed E-state index contributed by atoms with van der Waals surface area (Å²) in [5.74, 6) is -0.526. The number of fused-ring (bicyclic) bond motifs is 5. The molecule has 2 aliphatic heterocycles. The molecule has 0 aromatic heterocycles. The molecule has 4 aliphatic carbocycles. The van der Waals surface area contributed by atoms with Crippen LogP contribution in [0.15, 0.2) is 11.6 Å². The van der Waals surface area contributed by atoms with Gasteiger partial charge in [-0.05, 0) is 124 Å². The van der Waals surface area contributed by atoms with Crippen LogP contribution in [-0.4, -0.2) is 138 Å². The molecular formula is C42H72O13. The molecule has 4 saturated carbocycles. The predicted molar refractivity (Wildman–Crippen MR) is 201 cm³/mol. The summed E-state index contributed by atoms with van der Waals surface area (Å²) < 4.78 is 25.1. The van der Waals surface area contributed by atoms with Gasteiger partial charge in [-0.2, -0.15) is 0 Å². The predicted octanol–water partition coefficient (Wildman–Crippen LogP) is 2.15. The van der Waals surface area contributed by atoms with Crippen LogP contribution in [-0.2, 0) is 18.9 Å². The molecule has 0 aromatic rings. The van der Waals surface area contributed by atoms with Gasteiger partial charge in [0.15, 0.2) is 12.6 Å². The van der Waals surface area contributed by atoms with Crippen molar-refractivity contribution in [2.75, 3.05) is 6.61 Å². The molecule has 0 spiro atoms. The molecule has 21 atom stereocenters. The van der Waals surface area contributed by atoms with Crippen LogP contribution >= 0.6 is 0 Å². The first-order valence-electron chi connectivity index (χ1n) is 20.8. The molecule has 13 heteroatoms. The Labute approximate surface area is 327 Å². The molecule has 55 heavy (non-hydrogen) atoms. The van der Waals surface area contributed by atoms with Crippen molar-refractivity contribution >= 4 is 0 Å². The fraction of sp³-hybridized carbons (Fsp3) is 0.952. The van der Waals surface area contributed by atoms with E-state index in [1.807, 2.05) is 20.8 Å². The Bertz CT molecular complexity index is 1390. The van der Waals surface area contributed by atoms with Gasteiger partial charge in [0.05, 0.1) is 36.6 Å². The average molecular weight is 785 g/mol. The number of hydrogen-bond acceptors (Lipinski definition) is 13. The number of aliphatic hydroxyl groups is 9. The maximum absolute atomic E-state index is 12.3. The lowest BCUT2D eigenvalue weighted by atomic mass is 9.34. The molecule has 6 rings (SSSR count). The summed E-state index contributed by atoms with van der Waals surface area (Å²) >= 11 is 0. The maximum atomic E-state index is 12.3. The van der Waals surface area contributed by atoms with Crippen LogP contribution in [0.25, 0.3) is 0 Å². The Morgan fingerprint density at radius 2 is 1.49 bits per heavy atom. The lowest BCUT2D eigenvalue weighted by molar-refractivity contribution is -0.382. The SMILES string of the molecule is CC(C)=CCC[C@](C)(O)[C@H]1CC[C@@]2(C)[C@H]1[C@@H](O)CC1[C@@]3(C)CCC(O)C(C)(C)C3[C@H](O[C@@H]3O[C@H](CO)[C@@H](O)[C@H](O)[C@H]3O[C@@H]3O[C@@H](C)[C@H](O)[C@@H](O)[C@H]3O)C[C@]12C. The smallest absolute Gasteiger partial charge is 0.187 e. The third-order valence-corrected chi connectivity index (χ3v) is 16.5. The van der Waals surface area contributed by atoms with Gasteiger partial charge in [0.1, 0.15) is 42.7 Å². The van der Waals surface area contributed by atoms with E-state index in [2.05, 4.69) is 40.7 Å². The highest BCUT2D eigenvalue weighted by atomic mass is 16.8. The van der Waals surface area contributed by atoms with Crippen molar-refractivity contribution in [1.82, 2.24) is 0 Å². The third-order valence-electron chi connectivity index (χ3n) is 16.5. The quantitative estimate of drug-likeness (QED) is 0.121. The van der Waals surface area contributed by atoms with E-state index in [1.54, 1.807) is 0 Å². The van der Waals surface area contributed by atoms with Crippen LogP contribution in [0, 0.1) is 45.3 Å². The number of allylic oxidation sites excluding steroid dienone is 2. The van der Waals surface area contributed by atoms with E-state index >= 15 is 0 Å². The van der Waals surface area contributed by atoms with E-state index in [9.17, 15) is 46.0 Å². The Morgan fingerprint density at radius 1 is 0.818 bits per heavy atom. The summed E-state index contributed by atoms with van der Waals surface area (Å²) in [4.78, 5) is 0. The van der Waals surface area contributed by atoms with Gasteiger partial charge in [-0.15, -0.1) is 0 Å². The zero-order chi connectivity index (χ0) is 40.8. The molecule has 0 radical (unpaired) electrons. The topological polar surface area (TPSA) is 219 Å². The monoisotopic (exact) mass is 784 g/mol. The normalized spacial score (nSPS) is 53.4. The number of aliphatic hydroxyl groups excluding tert-OH is 8. The second kappa shape index (κ2) is 15.4. The molecular weight excluding hydrogens is 712 g/mol. The standard InChI is InChI=1S/C42H72O13/c1-20(2)11-10-14-42(9,51)22-12-16-40(7)28(22)23(44)17-26-39(6)15-13-27(45)38(4,5)35(39)24(18-41(26,40)8)53-37-34(32(49)30(47)25(19-43)54-37)55-36-33(50)31(48)29(46)21(3)52-36/h11,21-37,43-51H,10,12-19H2,1-9H3/t21-,22-,23-,24+,25+,26?,27?,28+,29-,30+,31+,32-,33+,34+,35?,36-,37+,39+,40-,41+,42-/m0/s1. The first-order chi connectivity index (χ1) is 25.5.